The van der Waals surface area contributed by atoms with E-state index in [2.05, 4.69) is 23.2 Å². The molecule has 0 fully saturated rings. The molecule has 0 saturated heterocycles. The molecule has 124 valence electrons. The van der Waals surface area contributed by atoms with Gasteiger partial charge in [0.05, 0.1) is 25.3 Å². The van der Waals surface area contributed by atoms with Gasteiger partial charge in [-0.2, -0.15) is 0 Å². The molecular formula is C21H18N2O2. The van der Waals surface area contributed by atoms with Gasteiger partial charge in [-0.15, -0.1) is 0 Å². The topological polar surface area (TPSA) is 47.1 Å². The van der Waals surface area contributed by atoms with Crippen LogP contribution >= 0.6 is 0 Å². The highest BCUT2D eigenvalue weighted by Gasteiger charge is 2.12. The minimum Gasteiger partial charge on any atom is -0.497 e. The zero-order valence-corrected chi connectivity index (χ0v) is 14.1. The van der Waals surface area contributed by atoms with Crippen LogP contribution < -0.4 is 9.47 Å². The summed E-state index contributed by atoms with van der Waals surface area (Å²) in [7, 11) is 3.29. The number of imidazole rings is 1. The molecular weight excluding hydrogens is 312 g/mol. The predicted molar refractivity (Wildman–Crippen MR) is 100 cm³/mol. The molecule has 0 aliphatic rings. The molecule has 1 N–H and O–H groups in total. The van der Waals surface area contributed by atoms with Crippen molar-refractivity contribution in [1.82, 2.24) is 9.97 Å². The quantitative estimate of drug-likeness (QED) is 0.578. The highest BCUT2D eigenvalue weighted by atomic mass is 16.5. The fourth-order valence-corrected chi connectivity index (χ4v) is 2.96. The molecule has 4 heteroatoms. The molecule has 0 amide bonds. The number of aromatic nitrogens is 2. The van der Waals surface area contributed by atoms with E-state index in [9.17, 15) is 0 Å². The number of para-hydroxylation sites is 1. The van der Waals surface area contributed by atoms with Gasteiger partial charge >= 0.3 is 0 Å². The number of nitrogens with one attached hydrogen (secondary N) is 1. The Labute approximate surface area is 146 Å². The Balaban J connectivity index is 1.88. The molecule has 4 nitrogen and oxygen atoms in total. The van der Waals surface area contributed by atoms with Gasteiger partial charge in [0, 0.05) is 17.2 Å². The average Bonchev–Trinajstić information content (AvgIpc) is 3.12. The van der Waals surface area contributed by atoms with Crippen LogP contribution in [-0.4, -0.2) is 24.2 Å². The zero-order chi connectivity index (χ0) is 17.2. The summed E-state index contributed by atoms with van der Waals surface area (Å²) in [6.07, 6.45) is 0. The lowest BCUT2D eigenvalue weighted by molar-refractivity contribution is 0.394. The van der Waals surface area contributed by atoms with Gasteiger partial charge in [0.2, 0.25) is 0 Å². The van der Waals surface area contributed by atoms with Crippen molar-refractivity contribution in [3.63, 3.8) is 0 Å². The van der Waals surface area contributed by atoms with Crippen molar-refractivity contribution >= 4 is 11.0 Å². The van der Waals surface area contributed by atoms with Crippen LogP contribution in [0.2, 0.25) is 0 Å². The summed E-state index contributed by atoms with van der Waals surface area (Å²) in [5.41, 5.74) is 5.12. The maximum atomic E-state index is 5.36. The molecule has 3 aromatic carbocycles. The maximum Gasteiger partial charge on any atom is 0.138 e. The van der Waals surface area contributed by atoms with E-state index < -0.39 is 0 Å². The van der Waals surface area contributed by atoms with Crippen molar-refractivity contribution in [1.29, 1.82) is 0 Å². The summed E-state index contributed by atoms with van der Waals surface area (Å²) in [4.78, 5) is 8.25. The van der Waals surface area contributed by atoms with Crippen molar-refractivity contribution in [3.8, 4) is 34.0 Å². The number of fused-ring (bicyclic) bond motifs is 1. The second-order valence-electron chi connectivity index (χ2n) is 5.75. The van der Waals surface area contributed by atoms with E-state index in [4.69, 9.17) is 14.5 Å². The monoisotopic (exact) mass is 330 g/mol. The van der Waals surface area contributed by atoms with Crippen LogP contribution in [0.4, 0.5) is 0 Å². The third-order valence-electron chi connectivity index (χ3n) is 4.22. The largest absolute Gasteiger partial charge is 0.497 e. The molecule has 0 radical (unpaired) electrons. The van der Waals surface area contributed by atoms with Crippen LogP contribution in [0.3, 0.4) is 0 Å². The lowest BCUT2D eigenvalue weighted by Crippen LogP contribution is -1.89. The Hall–Kier alpha value is -3.27. The predicted octanol–water partition coefficient (Wildman–Crippen LogP) is 4.91. The molecule has 0 saturated carbocycles. The second-order valence-corrected chi connectivity index (χ2v) is 5.75. The van der Waals surface area contributed by atoms with E-state index in [1.54, 1.807) is 14.2 Å². The molecule has 0 aliphatic heterocycles. The van der Waals surface area contributed by atoms with Crippen molar-refractivity contribution in [2.24, 2.45) is 0 Å². The summed E-state index contributed by atoms with van der Waals surface area (Å²) in [5.74, 6) is 2.26. The highest BCUT2D eigenvalue weighted by molar-refractivity contribution is 5.93. The van der Waals surface area contributed by atoms with Gasteiger partial charge in [0.15, 0.2) is 0 Å². The van der Waals surface area contributed by atoms with Crippen LogP contribution in [0.5, 0.6) is 11.5 Å². The van der Waals surface area contributed by atoms with Crippen LogP contribution in [0.1, 0.15) is 0 Å². The van der Waals surface area contributed by atoms with E-state index in [1.165, 1.54) is 0 Å². The van der Waals surface area contributed by atoms with Gasteiger partial charge in [0.1, 0.15) is 17.3 Å². The maximum absolute atomic E-state index is 5.36. The molecule has 4 rings (SSSR count). The number of ether oxygens (including phenoxy) is 2. The van der Waals surface area contributed by atoms with Gasteiger partial charge in [-0.1, -0.05) is 42.5 Å². The van der Waals surface area contributed by atoms with E-state index in [0.717, 1.165) is 45.0 Å². The molecule has 4 aromatic rings. The van der Waals surface area contributed by atoms with E-state index in [1.807, 2.05) is 48.5 Å². The Morgan fingerprint density at radius 3 is 2.16 bits per heavy atom. The number of nitrogens with zero attached hydrogens (tertiary/aromatic N) is 1. The van der Waals surface area contributed by atoms with Gasteiger partial charge in [-0.05, 0) is 23.8 Å². The minimum atomic E-state index is 0.734. The summed E-state index contributed by atoms with van der Waals surface area (Å²) in [6, 6.07) is 22.2. The number of hydrogen-bond acceptors (Lipinski definition) is 3. The molecule has 25 heavy (non-hydrogen) atoms. The number of methoxy groups -OCH3 is 2. The third-order valence-corrected chi connectivity index (χ3v) is 4.22. The van der Waals surface area contributed by atoms with Crippen molar-refractivity contribution in [2.45, 2.75) is 0 Å². The molecule has 0 unspecified atom stereocenters. The lowest BCUT2D eigenvalue weighted by atomic mass is 10.0. The first kappa shape index (κ1) is 15.3. The van der Waals surface area contributed by atoms with Crippen molar-refractivity contribution in [3.05, 3.63) is 66.7 Å². The Morgan fingerprint density at radius 1 is 0.760 bits per heavy atom. The molecule has 0 atom stereocenters. The first-order chi connectivity index (χ1) is 12.3. The Morgan fingerprint density at radius 2 is 1.48 bits per heavy atom. The van der Waals surface area contributed by atoms with Crippen LogP contribution in [0.25, 0.3) is 33.5 Å². The molecule has 1 aromatic heterocycles. The summed E-state index contributed by atoms with van der Waals surface area (Å²) >= 11 is 0. The standard InChI is InChI=1S/C21H18N2O2/c1-24-16-11-15(12-17(13-16)25-2)21-22-19-10-6-9-18(20(19)23-21)14-7-4-3-5-8-14/h3-13H,1-2H3,(H,22,23). The van der Waals surface area contributed by atoms with Crippen LogP contribution in [0, 0.1) is 0 Å². The fraction of sp³-hybridized carbons (Fsp3) is 0.0952. The van der Waals surface area contributed by atoms with Gasteiger partial charge in [0.25, 0.3) is 0 Å². The third kappa shape index (κ3) is 2.83. The molecule has 0 bridgehead atoms. The van der Waals surface area contributed by atoms with Crippen LogP contribution in [0.15, 0.2) is 66.7 Å². The number of aromatic amines is 1. The summed E-state index contributed by atoms with van der Waals surface area (Å²) < 4.78 is 10.7. The van der Waals surface area contributed by atoms with Crippen molar-refractivity contribution < 1.29 is 9.47 Å². The normalized spacial score (nSPS) is 10.8. The van der Waals surface area contributed by atoms with E-state index >= 15 is 0 Å². The van der Waals surface area contributed by atoms with E-state index in [0.29, 0.717) is 0 Å². The lowest BCUT2D eigenvalue weighted by Gasteiger charge is -2.06. The smallest absolute Gasteiger partial charge is 0.138 e. The average molecular weight is 330 g/mol. The van der Waals surface area contributed by atoms with E-state index in [-0.39, 0.29) is 0 Å². The SMILES string of the molecule is COc1cc(OC)cc(-c2nc3c(-c4ccccc4)cccc3[nH]2)c1. The minimum absolute atomic E-state index is 0.734. The number of rotatable bonds is 4. The highest BCUT2D eigenvalue weighted by Crippen LogP contribution is 2.32. The van der Waals surface area contributed by atoms with Crippen LogP contribution in [-0.2, 0) is 0 Å². The second kappa shape index (κ2) is 6.32. The number of hydrogen-bond donors (Lipinski definition) is 1. The molecule has 0 spiro atoms. The Kier molecular flexibility index (Phi) is 3.86. The number of benzene rings is 3. The first-order valence-electron chi connectivity index (χ1n) is 8.06. The first-order valence-corrected chi connectivity index (χ1v) is 8.06. The van der Waals surface area contributed by atoms with Gasteiger partial charge < -0.3 is 14.5 Å². The Bertz CT molecular complexity index is 1000. The van der Waals surface area contributed by atoms with Gasteiger partial charge in [-0.3, -0.25) is 0 Å². The molecule has 0 aliphatic carbocycles. The number of H-pyrrole nitrogens is 1. The zero-order valence-electron chi connectivity index (χ0n) is 14.1. The summed E-state index contributed by atoms with van der Waals surface area (Å²) in [5, 5.41) is 0. The fourth-order valence-electron chi connectivity index (χ4n) is 2.96. The molecule has 1 heterocycles. The van der Waals surface area contributed by atoms with Gasteiger partial charge in [-0.25, -0.2) is 4.98 Å². The van der Waals surface area contributed by atoms with Crippen molar-refractivity contribution in [2.75, 3.05) is 14.2 Å². The summed E-state index contributed by atoms with van der Waals surface area (Å²) in [6.45, 7) is 0.